The summed E-state index contributed by atoms with van der Waals surface area (Å²) in [6.45, 7) is 12.6. The Labute approximate surface area is 190 Å². The number of anilines is 4. The first-order chi connectivity index (χ1) is 15.2. The van der Waals surface area contributed by atoms with Crippen molar-refractivity contribution in [3.8, 4) is 0 Å². The molecule has 0 radical (unpaired) electrons. The van der Waals surface area contributed by atoms with Gasteiger partial charge in [0.25, 0.3) is 0 Å². The lowest BCUT2D eigenvalue weighted by Gasteiger charge is -2.32. The molecule has 2 fully saturated rings. The minimum atomic E-state index is 0.529. The lowest BCUT2D eigenvalue weighted by molar-refractivity contribution is 0.122. The molecule has 5 rings (SSSR count). The van der Waals surface area contributed by atoms with Gasteiger partial charge in [-0.05, 0) is 61.2 Å². The third-order valence-corrected chi connectivity index (χ3v) is 7.89. The largest absolute Gasteiger partial charge is 0.378 e. The highest BCUT2D eigenvalue weighted by molar-refractivity contribution is 7.99. The van der Waals surface area contributed by atoms with Gasteiger partial charge in [0.1, 0.15) is 0 Å². The number of hydrogen-bond donors (Lipinski definition) is 2. The molecule has 2 aromatic rings. The van der Waals surface area contributed by atoms with Crippen LogP contribution in [0.3, 0.4) is 0 Å². The number of hydrogen-bond acceptors (Lipinski definition) is 6. The molecule has 2 saturated heterocycles. The van der Waals surface area contributed by atoms with E-state index in [1.54, 1.807) is 0 Å². The first-order valence-corrected chi connectivity index (χ1v) is 12.6. The predicted octanol–water partition coefficient (Wildman–Crippen LogP) is 5.04. The Kier molecular flexibility index (Phi) is 6.30. The number of rotatable bonds is 4. The van der Waals surface area contributed by atoms with Crippen LogP contribution in [0.4, 0.5) is 22.7 Å². The second kappa shape index (κ2) is 9.31. The van der Waals surface area contributed by atoms with E-state index in [1.807, 2.05) is 11.8 Å². The fourth-order valence-electron chi connectivity index (χ4n) is 4.70. The summed E-state index contributed by atoms with van der Waals surface area (Å²) in [5.41, 5.74) is 6.66. The van der Waals surface area contributed by atoms with E-state index in [2.05, 4.69) is 64.6 Å². The molecular formula is C25H34N4OS. The molecule has 3 aliphatic heterocycles. The number of fused-ring (bicyclic) bond motifs is 2. The van der Waals surface area contributed by atoms with Crippen LogP contribution < -0.4 is 20.4 Å². The van der Waals surface area contributed by atoms with Gasteiger partial charge in [-0.15, -0.1) is 0 Å². The smallest absolute Gasteiger partial charge is 0.0642 e. The van der Waals surface area contributed by atoms with E-state index < -0.39 is 0 Å². The van der Waals surface area contributed by atoms with Crippen LogP contribution in [0.5, 0.6) is 0 Å². The molecule has 0 spiro atoms. The Morgan fingerprint density at radius 3 is 2.61 bits per heavy atom. The normalized spacial score (nSPS) is 19.8. The predicted molar refractivity (Wildman–Crippen MR) is 132 cm³/mol. The van der Waals surface area contributed by atoms with Crippen molar-refractivity contribution in [2.24, 2.45) is 0 Å². The molecule has 2 N–H and O–H groups in total. The summed E-state index contributed by atoms with van der Waals surface area (Å²) in [7, 11) is 0. The van der Waals surface area contributed by atoms with E-state index in [4.69, 9.17) is 4.74 Å². The maximum absolute atomic E-state index is 5.54. The average Bonchev–Trinajstić information content (AvgIpc) is 3.11. The van der Waals surface area contributed by atoms with Gasteiger partial charge in [0.05, 0.1) is 24.6 Å². The van der Waals surface area contributed by atoms with Gasteiger partial charge in [0, 0.05) is 53.9 Å². The molecular weight excluding hydrogens is 404 g/mol. The minimum Gasteiger partial charge on any atom is -0.378 e. The van der Waals surface area contributed by atoms with Crippen LogP contribution in [0.15, 0.2) is 40.1 Å². The van der Waals surface area contributed by atoms with Gasteiger partial charge in [0.2, 0.25) is 0 Å². The fourth-order valence-corrected chi connectivity index (χ4v) is 5.80. The zero-order chi connectivity index (χ0) is 21.2. The maximum Gasteiger partial charge on any atom is 0.0642 e. The van der Waals surface area contributed by atoms with Crippen LogP contribution in [-0.2, 0) is 4.74 Å². The third kappa shape index (κ3) is 4.38. The van der Waals surface area contributed by atoms with E-state index in [0.717, 1.165) is 58.9 Å². The quantitative estimate of drug-likeness (QED) is 0.594. The second-order valence-corrected chi connectivity index (χ2v) is 9.90. The van der Waals surface area contributed by atoms with Crippen LogP contribution in [0.25, 0.3) is 0 Å². The summed E-state index contributed by atoms with van der Waals surface area (Å²) in [6.07, 6.45) is 2.35. The average molecular weight is 439 g/mol. The van der Waals surface area contributed by atoms with Crippen molar-refractivity contribution in [3.05, 3.63) is 35.9 Å². The van der Waals surface area contributed by atoms with Crippen molar-refractivity contribution in [2.45, 2.75) is 42.4 Å². The molecule has 1 unspecified atom stereocenters. The van der Waals surface area contributed by atoms with E-state index in [9.17, 15) is 0 Å². The van der Waals surface area contributed by atoms with Crippen LogP contribution in [0.2, 0.25) is 0 Å². The molecule has 3 aliphatic rings. The zero-order valence-electron chi connectivity index (χ0n) is 18.7. The van der Waals surface area contributed by atoms with E-state index in [0.29, 0.717) is 5.92 Å². The lowest BCUT2D eigenvalue weighted by atomic mass is 9.95. The van der Waals surface area contributed by atoms with Crippen LogP contribution in [0.1, 0.15) is 38.2 Å². The summed E-state index contributed by atoms with van der Waals surface area (Å²) in [5, 5.41) is 7.34. The summed E-state index contributed by atoms with van der Waals surface area (Å²) in [4.78, 5) is 7.68. The molecule has 166 valence electrons. The highest BCUT2D eigenvalue weighted by atomic mass is 32.2. The summed E-state index contributed by atoms with van der Waals surface area (Å²) in [5.74, 6) is 0.529. The standard InChI is InChI=1S/C25H34N4OS/c1-3-18(2)21-15-20(28-9-4-7-26-8-10-28)17-24-25(21)27-22-6-5-19(16-23(22)31-24)29-11-13-30-14-12-29/h5-6,15-18,26-27H,3-4,7-14H2,1-2H3. The molecule has 2 aromatic carbocycles. The van der Waals surface area contributed by atoms with Crippen LogP contribution >= 0.6 is 11.8 Å². The van der Waals surface area contributed by atoms with E-state index in [-0.39, 0.29) is 0 Å². The van der Waals surface area contributed by atoms with Crippen molar-refractivity contribution in [3.63, 3.8) is 0 Å². The molecule has 31 heavy (non-hydrogen) atoms. The molecule has 0 saturated carbocycles. The lowest BCUT2D eigenvalue weighted by Crippen LogP contribution is -2.36. The topological polar surface area (TPSA) is 39.8 Å². The van der Waals surface area contributed by atoms with Gasteiger partial charge < -0.3 is 25.2 Å². The summed E-state index contributed by atoms with van der Waals surface area (Å²) < 4.78 is 5.54. The minimum absolute atomic E-state index is 0.529. The first kappa shape index (κ1) is 21.0. The Morgan fingerprint density at radius 1 is 0.968 bits per heavy atom. The SMILES string of the molecule is CCC(C)c1cc(N2CCCNCC2)cc2c1Nc1ccc(N3CCOCC3)cc1S2. The van der Waals surface area contributed by atoms with Crippen molar-refractivity contribution < 1.29 is 4.74 Å². The van der Waals surface area contributed by atoms with Gasteiger partial charge in [-0.2, -0.15) is 0 Å². The molecule has 0 aliphatic carbocycles. The number of benzene rings is 2. The second-order valence-electron chi connectivity index (χ2n) is 8.81. The number of nitrogens with zero attached hydrogens (tertiary/aromatic N) is 2. The molecule has 1 atom stereocenters. The molecule has 0 bridgehead atoms. The van der Waals surface area contributed by atoms with Gasteiger partial charge in [-0.3, -0.25) is 0 Å². The van der Waals surface area contributed by atoms with Crippen molar-refractivity contribution in [1.29, 1.82) is 0 Å². The Morgan fingerprint density at radius 2 is 1.77 bits per heavy atom. The first-order valence-electron chi connectivity index (χ1n) is 11.8. The maximum atomic E-state index is 5.54. The molecule has 0 amide bonds. The monoisotopic (exact) mass is 438 g/mol. The highest BCUT2D eigenvalue weighted by Gasteiger charge is 2.24. The molecule has 5 nitrogen and oxygen atoms in total. The molecule has 3 heterocycles. The Hall–Kier alpha value is -1.89. The van der Waals surface area contributed by atoms with Crippen LogP contribution in [-0.4, -0.2) is 52.5 Å². The number of ether oxygens (including phenoxy) is 1. The van der Waals surface area contributed by atoms with Gasteiger partial charge >= 0.3 is 0 Å². The van der Waals surface area contributed by atoms with E-state index in [1.165, 1.54) is 44.5 Å². The highest BCUT2D eigenvalue weighted by Crippen LogP contribution is 2.50. The zero-order valence-corrected chi connectivity index (χ0v) is 19.6. The molecule has 0 aromatic heterocycles. The van der Waals surface area contributed by atoms with E-state index >= 15 is 0 Å². The Bertz CT molecular complexity index is 920. The summed E-state index contributed by atoms with van der Waals surface area (Å²) >= 11 is 1.92. The van der Waals surface area contributed by atoms with Crippen LogP contribution in [0, 0.1) is 0 Å². The van der Waals surface area contributed by atoms with Crippen molar-refractivity contribution in [2.75, 3.05) is 67.6 Å². The Balaban J connectivity index is 1.49. The number of nitrogens with one attached hydrogen (secondary N) is 2. The third-order valence-electron chi connectivity index (χ3n) is 6.79. The molecule has 6 heteroatoms. The van der Waals surface area contributed by atoms with Gasteiger partial charge in [-0.1, -0.05) is 25.6 Å². The van der Waals surface area contributed by atoms with Crippen molar-refractivity contribution in [1.82, 2.24) is 5.32 Å². The van der Waals surface area contributed by atoms with Crippen molar-refractivity contribution >= 4 is 34.5 Å². The van der Waals surface area contributed by atoms with Gasteiger partial charge in [-0.25, -0.2) is 0 Å². The number of morpholine rings is 1. The summed E-state index contributed by atoms with van der Waals surface area (Å²) in [6, 6.07) is 11.7. The van der Waals surface area contributed by atoms with Gasteiger partial charge in [0.15, 0.2) is 0 Å². The fraction of sp³-hybridized carbons (Fsp3) is 0.520.